The van der Waals surface area contributed by atoms with Gasteiger partial charge in [-0.3, -0.25) is 0 Å². The minimum atomic E-state index is -4.54. The van der Waals surface area contributed by atoms with Crippen LogP contribution in [-0.2, 0) is 18.9 Å². The highest BCUT2D eigenvalue weighted by atomic mass is 19.4. The summed E-state index contributed by atoms with van der Waals surface area (Å²) in [6.07, 6.45) is -10.9. The molecule has 2 aliphatic rings. The molecule has 2 fully saturated rings. The average Bonchev–Trinajstić information content (AvgIpc) is 2.67. The van der Waals surface area contributed by atoms with E-state index >= 15 is 0 Å². The molecule has 0 spiro atoms. The van der Waals surface area contributed by atoms with E-state index in [9.17, 15) is 27.2 Å². The van der Waals surface area contributed by atoms with Crippen LogP contribution in [0, 0.1) is 0 Å². The molecule has 0 bridgehead atoms. The zero-order chi connectivity index (χ0) is 15.7. The molecule has 0 aromatic heterocycles. The number of carbonyl (C=O) groups is 2. The number of hydrogen-bond donors (Lipinski definition) is 0. The molecule has 0 aromatic rings. The molecular weight excluding hydrogens is 292 g/mol. The summed E-state index contributed by atoms with van der Waals surface area (Å²) in [5.41, 5.74) is 0. The summed E-state index contributed by atoms with van der Waals surface area (Å²) in [5.74, 6) is -1.95. The monoisotopic (exact) mass is 304 g/mol. The van der Waals surface area contributed by atoms with E-state index < -0.39 is 42.7 Å². The van der Waals surface area contributed by atoms with Crippen LogP contribution in [0.4, 0.5) is 27.2 Å². The highest BCUT2D eigenvalue weighted by Crippen LogP contribution is 2.30. The second kappa shape index (κ2) is 5.33. The van der Waals surface area contributed by atoms with E-state index in [1.807, 2.05) is 0 Å². The molecule has 0 radical (unpaired) electrons. The fourth-order valence-corrected chi connectivity index (χ4v) is 1.29. The Morgan fingerprint density at radius 1 is 1.05 bits per heavy atom. The van der Waals surface area contributed by atoms with Crippen LogP contribution in [0.5, 0.6) is 0 Å². The van der Waals surface area contributed by atoms with Gasteiger partial charge in [0.25, 0.3) is 5.85 Å². The van der Waals surface area contributed by atoms with E-state index in [0.717, 1.165) is 13.8 Å². The van der Waals surface area contributed by atoms with Crippen molar-refractivity contribution in [2.75, 3.05) is 0 Å². The Labute approximate surface area is 110 Å². The van der Waals surface area contributed by atoms with Crippen LogP contribution in [0.25, 0.3) is 0 Å². The lowest BCUT2D eigenvalue weighted by molar-refractivity contribution is -0.201. The van der Waals surface area contributed by atoms with Crippen molar-refractivity contribution in [1.29, 1.82) is 0 Å². The lowest BCUT2D eigenvalue weighted by Crippen LogP contribution is -2.35. The number of ether oxygens (including phenoxy) is 4. The smallest absolute Gasteiger partial charge is 0.427 e. The Morgan fingerprint density at radius 2 is 1.60 bits per heavy atom. The first-order valence-electron chi connectivity index (χ1n) is 5.46. The maximum Gasteiger partial charge on any atom is 0.511 e. The van der Waals surface area contributed by atoms with Crippen molar-refractivity contribution in [1.82, 2.24) is 0 Å². The van der Waals surface area contributed by atoms with Crippen LogP contribution in [0.15, 0.2) is 0 Å². The largest absolute Gasteiger partial charge is 0.511 e. The van der Waals surface area contributed by atoms with Crippen molar-refractivity contribution in [3.8, 4) is 0 Å². The van der Waals surface area contributed by atoms with Crippen molar-refractivity contribution in [3.63, 3.8) is 0 Å². The van der Waals surface area contributed by atoms with Gasteiger partial charge < -0.3 is 18.9 Å². The molecule has 116 valence electrons. The van der Waals surface area contributed by atoms with E-state index in [-0.39, 0.29) is 0 Å². The predicted octanol–water partition coefficient (Wildman–Crippen LogP) is 2.70. The van der Waals surface area contributed by atoms with Gasteiger partial charge in [-0.1, -0.05) is 0 Å². The van der Waals surface area contributed by atoms with Crippen molar-refractivity contribution in [2.45, 2.75) is 51.1 Å². The predicted molar refractivity (Wildman–Crippen MR) is 53.4 cm³/mol. The van der Waals surface area contributed by atoms with Crippen LogP contribution in [-0.4, -0.2) is 42.7 Å². The van der Waals surface area contributed by atoms with Crippen LogP contribution in [0.3, 0.4) is 0 Å². The second-order valence-corrected chi connectivity index (χ2v) is 4.25. The van der Waals surface area contributed by atoms with Gasteiger partial charge >= 0.3 is 18.5 Å². The van der Waals surface area contributed by atoms with Crippen molar-refractivity contribution in [2.24, 2.45) is 0 Å². The van der Waals surface area contributed by atoms with Gasteiger partial charge in [0.2, 0.25) is 6.10 Å². The Morgan fingerprint density at radius 3 is 1.75 bits per heavy atom. The molecule has 10 heteroatoms. The lowest BCUT2D eigenvalue weighted by Gasteiger charge is -2.13. The molecule has 0 saturated carbocycles. The van der Waals surface area contributed by atoms with Gasteiger partial charge in [-0.25, -0.2) is 9.59 Å². The van der Waals surface area contributed by atoms with Gasteiger partial charge in [-0.05, 0) is 13.8 Å². The number of halogens is 4. The summed E-state index contributed by atoms with van der Waals surface area (Å²) in [6.45, 7) is 3.72. The van der Waals surface area contributed by atoms with E-state index in [2.05, 4.69) is 18.9 Å². The molecular formula is C10H12F4O6. The van der Waals surface area contributed by atoms with Crippen LogP contribution >= 0.6 is 0 Å². The van der Waals surface area contributed by atoms with E-state index in [1.54, 1.807) is 0 Å². The van der Waals surface area contributed by atoms with Crippen LogP contribution in [0.1, 0.15) is 20.8 Å². The molecule has 2 saturated heterocycles. The standard InChI is InChI=1S/C5H5F3O3.C5H7FO3/c1-2-3(5(6,7)8)11-4(9)10-2;1-3-5(2,6)9-4(7)8-3/h2-3H,1H3;3H,1-2H3. The summed E-state index contributed by atoms with van der Waals surface area (Å²) >= 11 is 0. The van der Waals surface area contributed by atoms with Crippen molar-refractivity contribution in [3.05, 3.63) is 0 Å². The third-order valence-electron chi connectivity index (χ3n) is 2.54. The Balaban J connectivity index is 0.000000204. The molecule has 4 unspecified atom stereocenters. The molecule has 0 aliphatic carbocycles. The third kappa shape index (κ3) is 3.87. The Hall–Kier alpha value is -1.74. The number of alkyl halides is 4. The van der Waals surface area contributed by atoms with Crippen LogP contribution < -0.4 is 0 Å². The van der Waals surface area contributed by atoms with Gasteiger partial charge in [0.1, 0.15) is 6.10 Å². The highest BCUT2D eigenvalue weighted by Gasteiger charge is 2.52. The maximum atomic E-state index is 12.7. The fraction of sp³-hybridized carbons (Fsp3) is 0.800. The first-order valence-corrected chi connectivity index (χ1v) is 5.46. The van der Waals surface area contributed by atoms with Gasteiger partial charge in [0, 0.05) is 6.92 Å². The number of hydrogen-bond acceptors (Lipinski definition) is 6. The number of rotatable bonds is 0. The fourth-order valence-electron chi connectivity index (χ4n) is 1.29. The van der Waals surface area contributed by atoms with Crippen molar-refractivity contribution >= 4 is 12.3 Å². The Bertz CT molecular complexity index is 394. The Kier molecular flexibility index (Phi) is 4.35. The summed E-state index contributed by atoms with van der Waals surface area (Å²) in [5, 5.41) is 0. The zero-order valence-corrected chi connectivity index (χ0v) is 10.7. The quantitative estimate of drug-likeness (QED) is 0.506. The number of cyclic esters (lactones) is 4. The van der Waals surface area contributed by atoms with Gasteiger partial charge in [0.05, 0.1) is 0 Å². The molecule has 0 amide bonds. The van der Waals surface area contributed by atoms with E-state index in [4.69, 9.17) is 0 Å². The molecule has 20 heavy (non-hydrogen) atoms. The first-order chi connectivity index (χ1) is 8.93. The van der Waals surface area contributed by atoms with Crippen molar-refractivity contribution < 1.29 is 46.1 Å². The minimum absolute atomic E-state index is 0.801. The molecule has 2 aliphatic heterocycles. The summed E-state index contributed by atoms with van der Waals surface area (Å²) < 4.78 is 64.6. The molecule has 6 nitrogen and oxygen atoms in total. The third-order valence-corrected chi connectivity index (χ3v) is 2.54. The lowest BCUT2D eigenvalue weighted by atomic mass is 10.2. The summed E-state index contributed by atoms with van der Waals surface area (Å²) in [7, 11) is 0. The summed E-state index contributed by atoms with van der Waals surface area (Å²) in [6, 6.07) is 0. The molecule has 2 heterocycles. The van der Waals surface area contributed by atoms with Crippen LogP contribution in [0.2, 0.25) is 0 Å². The summed E-state index contributed by atoms with van der Waals surface area (Å²) in [4.78, 5) is 20.4. The molecule has 4 atom stereocenters. The highest BCUT2D eigenvalue weighted by molar-refractivity contribution is 5.63. The topological polar surface area (TPSA) is 71.1 Å². The van der Waals surface area contributed by atoms with E-state index in [1.165, 1.54) is 6.92 Å². The minimum Gasteiger partial charge on any atom is -0.427 e. The van der Waals surface area contributed by atoms with E-state index in [0.29, 0.717) is 0 Å². The maximum absolute atomic E-state index is 12.7. The SMILES string of the molecule is CC1OC(=O)OC1(C)F.CC1OC(=O)OC1C(F)(F)F. The van der Waals surface area contributed by atoms with Gasteiger partial charge in [0.15, 0.2) is 6.10 Å². The zero-order valence-electron chi connectivity index (χ0n) is 10.7. The second-order valence-electron chi connectivity index (χ2n) is 4.25. The molecule has 2 rings (SSSR count). The number of carbonyl (C=O) groups excluding carboxylic acids is 2. The molecule has 0 aromatic carbocycles. The van der Waals surface area contributed by atoms with Gasteiger partial charge in [-0.2, -0.15) is 17.6 Å². The average molecular weight is 304 g/mol. The van der Waals surface area contributed by atoms with Gasteiger partial charge in [-0.15, -0.1) is 0 Å². The molecule has 0 N–H and O–H groups in total. The first kappa shape index (κ1) is 16.3. The normalized spacial score (nSPS) is 36.2.